The molecule has 20 heavy (non-hydrogen) atoms. The average Bonchev–Trinajstić information content (AvgIpc) is 2.86. The molecule has 1 aromatic carbocycles. The molecule has 110 valence electrons. The highest BCUT2D eigenvalue weighted by Crippen LogP contribution is 2.37. The molecule has 0 spiro atoms. The molecule has 2 amide bonds. The lowest BCUT2D eigenvalue weighted by molar-refractivity contribution is -0.137. The molecule has 1 saturated carbocycles. The monoisotopic (exact) mass is 288 g/mol. The van der Waals surface area contributed by atoms with Crippen molar-refractivity contribution in [1.29, 1.82) is 0 Å². The molecule has 0 unspecified atom stereocenters. The van der Waals surface area contributed by atoms with Crippen molar-refractivity contribution in [3.63, 3.8) is 0 Å². The molecule has 3 N–H and O–H groups in total. The summed E-state index contributed by atoms with van der Waals surface area (Å²) in [7, 11) is 0. The van der Waals surface area contributed by atoms with Crippen molar-refractivity contribution in [2.45, 2.75) is 37.4 Å². The molecule has 7 heteroatoms. The zero-order valence-electron chi connectivity index (χ0n) is 10.6. The first-order valence-electron chi connectivity index (χ1n) is 6.23. The topological polar surface area (TPSA) is 66.6 Å². The number of hydroxylamine groups is 2. The number of urea groups is 1. The minimum absolute atomic E-state index is 0.0243. The molecule has 0 aliphatic heterocycles. The highest BCUT2D eigenvalue weighted by molar-refractivity contribution is 5.70. The summed E-state index contributed by atoms with van der Waals surface area (Å²) in [5.41, 5.74) is 5.07. The number of alkyl halides is 3. The van der Waals surface area contributed by atoms with Gasteiger partial charge in [0.2, 0.25) is 0 Å². The van der Waals surface area contributed by atoms with Crippen LogP contribution in [0.15, 0.2) is 24.3 Å². The van der Waals surface area contributed by atoms with Gasteiger partial charge in [0.1, 0.15) is 0 Å². The van der Waals surface area contributed by atoms with E-state index in [0.29, 0.717) is 24.3 Å². The van der Waals surface area contributed by atoms with Crippen molar-refractivity contribution in [3.05, 3.63) is 35.4 Å². The van der Waals surface area contributed by atoms with E-state index in [-0.39, 0.29) is 12.0 Å². The minimum Gasteiger partial charge on any atom is -0.350 e. The first kappa shape index (κ1) is 14.6. The van der Waals surface area contributed by atoms with Crippen LogP contribution in [0.5, 0.6) is 0 Å². The van der Waals surface area contributed by atoms with Crippen LogP contribution in [0.4, 0.5) is 18.0 Å². The highest BCUT2D eigenvalue weighted by Gasteiger charge is 2.33. The lowest BCUT2D eigenvalue weighted by Gasteiger charge is -2.20. The maximum absolute atomic E-state index is 12.5. The molecular formula is C13H15F3N2O2. The van der Waals surface area contributed by atoms with Gasteiger partial charge in [-0.2, -0.15) is 13.2 Å². The van der Waals surface area contributed by atoms with Crippen molar-refractivity contribution in [2.75, 3.05) is 0 Å². The van der Waals surface area contributed by atoms with Gasteiger partial charge in [-0.1, -0.05) is 12.1 Å². The van der Waals surface area contributed by atoms with Gasteiger partial charge in [-0.25, -0.2) is 9.86 Å². The maximum Gasteiger partial charge on any atom is 0.416 e. The van der Waals surface area contributed by atoms with Gasteiger partial charge in [0, 0.05) is 0 Å². The maximum atomic E-state index is 12.5. The van der Waals surface area contributed by atoms with Crippen LogP contribution >= 0.6 is 0 Å². The lowest BCUT2D eigenvalue weighted by atomic mass is 9.96. The molecule has 2 rings (SSSR count). The molecule has 2 atom stereocenters. The van der Waals surface area contributed by atoms with Gasteiger partial charge in [-0.3, -0.25) is 5.21 Å². The first-order chi connectivity index (χ1) is 9.29. The number of halogens is 3. The van der Waals surface area contributed by atoms with Gasteiger partial charge in [-0.05, 0) is 42.9 Å². The molecule has 1 aliphatic rings. The first-order valence-corrected chi connectivity index (χ1v) is 6.23. The number of benzene rings is 1. The zero-order valence-corrected chi connectivity index (χ0v) is 10.6. The van der Waals surface area contributed by atoms with Gasteiger partial charge in [0.15, 0.2) is 0 Å². The number of hydrogen-bond donors (Lipinski definition) is 2. The van der Waals surface area contributed by atoms with Crippen molar-refractivity contribution >= 4 is 6.03 Å². The van der Waals surface area contributed by atoms with E-state index in [2.05, 4.69) is 0 Å². The lowest BCUT2D eigenvalue weighted by Crippen LogP contribution is -2.39. The van der Waals surface area contributed by atoms with E-state index in [4.69, 9.17) is 5.73 Å². The van der Waals surface area contributed by atoms with Crippen LogP contribution in [0, 0.1) is 0 Å². The Labute approximate surface area is 113 Å². The summed E-state index contributed by atoms with van der Waals surface area (Å²) >= 11 is 0. The van der Waals surface area contributed by atoms with E-state index < -0.39 is 17.8 Å². The van der Waals surface area contributed by atoms with Gasteiger partial charge >= 0.3 is 12.2 Å². The van der Waals surface area contributed by atoms with Crippen molar-refractivity contribution in [1.82, 2.24) is 5.06 Å². The van der Waals surface area contributed by atoms with E-state index in [9.17, 15) is 23.2 Å². The molecule has 0 radical (unpaired) electrons. The number of nitrogens with zero attached hydrogens (tertiary/aromatic N) is 1. The van der Waals surface area contributed by atoms with Crippen molar-refractivity contribution in [2.24, 2.45) is 5.73 Å². The van der Waals surface area contributed by atoms with Gasteiger partial charge in [0.05, 0.1) is 11.6 Å². The quantitative estimate of drug-likeness (QED) is 0.648. The van der Waals surface area contributed by atoms with E-state index in [1.54, 1.807) is 0 Å². The molecule has 0 aromatic heterocycles. The van der Waals surface area contributed by atoms with E-state index in [0.717, 1.165) is 17.7 Å². The Hall–Kier alpha value is -1.76. The number of rotatable bonds is 2. The van der Waals surface area contributed by atoms with Crippen LogP contribution in [0.3, 0.4) is 0 Å². The molecule has 4 nitrogen and oxygen atoms in total. The second kappa shape index (κ2) is 5.32. The van der Waals surface area contributed by atoms with Crippen LogP contribution in [0.2, 0.25) is 0 Å². The van der Waals surface area contributed by atoms with E-state index >= 15 is 0 Å². The molecule has 1 aromatic rings. The summed E-state index contributed by atoms with van der Waals surface area (Å²) in [6, 6.07) is 3.70. The molecule has 0 heterocycles. The van der Waals surface area contributed by atoms with Crippen molar-refractivity contribution < 1.29 is 23.2 Å². The number of amides is 2. The third-order valence-electron chi connectivity index (χ3n) is 3.69. The Morgan fingerprint density at radius 1 is 1.25 bits per heavy atom. The fourth-order valence-electron chi connectivity index (χ4n) is 2.61. The predicted molar refractivity (Wildman–Crippen MR) is 65.0 cm³/mol. The summed E-state index contributed by atoms with van der Waals surface area (Å²) in [6.45, 7) is 0. The molecule has 1 fully saturated rings. The highest BCUT2D eigenvalue weighted by atomic mass is 19.4. The van der Waals surface area contributed by atoms with Crippen LogP contribution in [0.25, 0.3) is 0 Å². The summed E-state index contributed by atoms with van der Waals surface area (Å²) in [5.74, 6) is 0.0243. The number of carbonyl (C=O) groups excluding carboxylic acids is 1. The average molecular weight is 288 g/mol. The summed E-state index contributed by atoms with van der Waals surface area (Å²) in [5, 5.41) is 9.96. The number of carbonyl (C=O) groups is 1. The zero-order chi connectivity index (χ0) is 14.9. The molecule has 0 bridgehead atoms. The normalized spacial score (nSPS) is 22.8. The summed E-state index contributed by atoms with van der Waals surface area (Å²) in [6.07, 6.45) is -2.58. The fraction of sp³-hybridized carbons (Fsp3) is 0.462. The number of primary amides is 1. The molecule has 1 aliphatic carbocycles. The Bertz CT molecular complexity index is 487. The smallest absolute Gasteiger partial charge is 0.350 e. The Morgan fingerprint density at radius 2 is 1.85 bits per heavy atom. The molecule has 0 saturated heterocycles. The van der Waals surface area contributed by atoms with Crippen LogP contribution in [-0.4, -0.2) is 22.3 Å². The van der Waals surface area contributed by atoms with Crippen LogP contribution in [0.1, 0.15) is 36.3 Å². The second-order valence-electron chi connectivity index (χ2n) is 4.97. The van der Waals surface area contributed by atoms with E-state index in [1.165, 1.54) is 12.1 Å². The Morgan fingerprint density at radius 3 is 2.35 bits per heavy atom. The minimum atomic E-state index is -4.34. The summed E-state index contributed by atoms with van der Waals surface area (Å²) < 4.78 is 37.4. The van der Waals surface area contributed by atoms with Crippen LogP contribution in [-0.2, 0) is 6.18 Å². The third-order valence-corrected chi connectivity index (χ3v) is 3.69. The fourth-order valence-corrected chi connectivity index (χ4v) is 2.61. The largest absolute Gasteiger partial charge is 0.416 e. The Balaban J connectivity index is 2.05. The second-order valence-corrected chi connectivity index (χ2v) is 4.97. The van der Waals surface area contributed by atoms with Gasteiger partial charge in [-0.15, -0.1) is 0 Å². The third kappa shape index (κ3) is 3.04. The molecular weight excluding hydrogens is 273 g/mol. The van der Waals surface area contributed by atoms with Crippen molar-refractivity contribution in [3.8, 4) is 0 Å². The van der Waals surface area contributed by atoms with Crippen LogP contribution < -0.4 is 5.73 Å². The number of nitrogens with two attached hydrogens (primary N) is 1. The predicted octanol–water partition coefficient (Wildman–Crippen LogP) is 3.11. The standard InChI is InChI=1S/C13H15F3N2O2/c14-13(15,16)10-4-1-8(2-5-10)9-3-6-11(7-9)18(20)12(17)19/h1-2,4-5,9,11,20H,3,6-7H2,(H2,17,19)/t9-,11-/m0/s1. The van der Waals surface area contributed by atoms with Gasteiger partial charge < -0.3 is 5.73 Å². The SMILES string of the molecule is NC(=O)N(O)[C@H]1CC[C@H](c2ccc(C(F)(F)F)cc2)C1. The Kier molecular flexibility index (Phi) is 3.89. The van der Waals surface area contributed by atoms with E-state index in [1.807, 2.05) is 0 Å². The van der Waals surface area contributed by atoms with Gasteiger partial charge in [0.25, 0.3) is 0 Å². The summed E-state index contributed by atoms with van der Waals surface area (Å²) in [4.78, 5) is 10.9. The number of hydrogen-bond acceptors (Lipinski definition) is 2.